The molecule has 0 aromatic heterocycles. The molecule has 1 saturated heterocycles. The lowest BCUT2D eigenvalue weighted by atomic mass is 9.95. The average molecular weight is 251 g/mol. The number of benzene rings is 1. The smallest absolute Gasteiger partial charge is 0.407 e. The third-order valence-corrected chi connectivity index (χ3v) is 3.16. The number of halogens is 1. The van der Waals surface area contributed by atoms with Gasteiger partial charge in [-0.1, -0.05) is 12.1 Å². The number of carboxylic acid groups (broad SMARTS) is 1. The third kappa shape index (κ3) is 2.50. The fourth-order valence-corrected chi connectivity index (χ4v) is 2.27. The molecule has 0 radical (unpaired) electrons. The first-order valence-corrected chi connectivity index (χ1v) is 5.89. The summed E-state index contributed by atoms with van der Waals surface area (Å²) in [5.74, 6) is -0.810. The second-order valence-corrected chi connectivity index (χ2v) is 4.36. The molecular weight excluding hydrogens is 237 g/mol. The first-order valence-electron chi connectivity index (χ1n) is 5.89. The quantitative estimate of drug-likeness (QED) is 0.822. The number of rotatable bonds is 2. The molecule has 1 fully saturated rings. The van der Waals surface area contributed by atoms with Gasteiger partial charge in [0.25, 0.3) is 0 Å². The van der Waals surface area contributed by atoms with E-state index in [1.165, 1.54) is 18.2 Å². The summed E-state index contributed by atoms with van der Waals surface area (Å²) in [7, 11) is 0. The maximum Gasteiger partial charge on any atom is 0.407 e. The van der Waals surface area contributed by atoms with Gasteiger partial charge < -0.3 is 5.11 Å². The zero-order valence-corrected chi connectivity index (χ0v) is 9.80. The summed E-state index contributed by atoms with van der Waals surface area (Å²) in [5, 5.41) is 9.06. The Kier molecular flexibility index (Phi) is 3.60. The first-order chi connectivity index (χ1) is 8.59. The number of carbonyl (C=O) groups is 2. The van der Waals surface area contributed by atoms with Crippen molar-refractivity contribution < 1.29 is 19.1 Å². The van der Waals surface area contributed by atoms with E-state index >= 15 is 0 Å². The SMILES string of the molecule is O=C(c1cccc(F)c1)C1CCCCN1C(=O)O. The molecule has 0 bridgehead atoms. The standard InChI is InChI=1S/C13H14FNO3/c14-10-5-3-4-9(8-10)12(16)11-6-1-2-7-15(11)13(17)18/h3-5,8,11H,1-2,6-7H2,(H,17,18). The molecule has 1 aliphatic heterocycles. The highest BCUT2D eigenvalue weighted by molar-refractivity contribution is 6.01. The van der Waals surface area contributed by atoms with E-state index in [1.807, 2.05) is 0 Å². The van der Waals surface area contributed by atoms with Gasteiger partial charge in [0.2, 0.25) is 0 Å². The van der Waals surface area contributed by atoms with Crippen LogP contribution in [0.25, 0.3) is 0 Å². The fraction of sp³-hybridized carbons (Fsp3) is 0.385. The molecule has 1 N–H and O–H groups in total. The van der Waals surface area contributed by atoms with Gasteiger partial charge in [-0.3, -0.25) is 9.69 Å². The highest BCUT2D eigenvalue weighted by atomic mass is 19.1. The van der Waals surface area contributed by atoms with Crippen LogP contribution in [0.4, 0.5) is 9.18 Å². The minimum absolute atomic E-state index is 0.230. The average Bonchev–Trinajstić information content (AvgIpc) is 2.38. The lowest BCUT2D eigenvalue weighted by molar-refractivity contribution is 0.0713. The lowest BCUT2D eigenvalue weighted by Gasteiger charge is -2.32. The van der Waals surface area contributed by atoms with Gasteiger partial charge >= 0.3 is 6.09 Å². The molecule has 1 heterocycles. The molecule has 0 spiro atoms. The molecule has 1 aromatic carbocycles. The van der Waals surface area contributed by atoms with Crippen molar-refractivity contribution in [1.29, 1.82) is 0 Å². The maximum absolute atomic E-state index is 13.1. The Morgan fingerprint density at radius 2 is 2.11 bits per heavy atom. The number of piperidine rings is 1. The van der Waals surface area contributed by atoms with E-state index in [9.17, 15) is 14.0 Å². The van der Waals surface area contributed by atoms with Gasteiger partial charge in [0.15, 0.2) is 5.78 Å². The minimum atomic E-state index is -1.09. The Hall–Kier alpha value is -1.91. The van der Waals surface area contributed by atoms with Crippen LogP contribution < -0.4 is 0 Å². The summed E-state index contributed by atoms with van der Waals surface area (Å²) < 4.78 is 13.1. The van der Waals surface area contributed by atoms with E-state index in [0.717, 1.165) is 23.8 Å². The van der Waals surface area contributed by atoms with Crippen molar-refractivity contribution in [2.24, 2.45) is 0 Å². The molecule has 1 aliphatic rings. The van der Waals surface area contributed by atoms with Crippen molar-refractivity contribution in [2.75, 3.05) is 6.54 Å². The highest BCUT2D eigenvalue weighted by Crippen LogP contribution is 2.21. The van der Waals surface area contributed by atoms with Crippen molar-refractivity contribution in [3.05, 3.63) is 35.6 Å². The zero-order valence-electron chi connectivity index (χ0n) is 9.80. The lowest BCUT2D eigenvalue weighted by Crippen LogP contribution is -2.47. The Balaban J connectivity index is 2.23. The van der Waals surface area contributed by atoms with E-state index in [2.05, 4.69) is 0 Å². The van der Waals surface area contributed by atoms with Crippen molar-refractivity contribution in [3.63, 3.8) is 0 Å². The second-order valence-electron chi connectivity index (χ2n) is 4.36. The van der Waals surface area contributed by atoms with Crippen molar-refractivity contribution in [1.82, 2.24) is 4.90 Å². The normalized spacial score (nSPS) is 19.6. The minimum Gasteiger partial charge on any atom is -0.465 e. The summed E-state index contributed by atoms with van der Waals surface area (Å²) in [6, 6.07) is 4.69. The summed E-state index contributed by atoms with van der Waals surface area (Å²) in [5.41, 5.74) is 0.230. The van der Waals surface area contributed by atoms with Gasteiger partial charge in [-0.15, -0.1) is 0 Å². The largest absolute Gasteiger partial charge is 0.465 e. The van der Waals surface area contributed by atoms with Gasteiger partial charge in [0.1, 0.15) is 5.82 Å². The molecular formula is C13H14FNO3. The predicted molar refractivity (Wildman–Crippen MR) is 63.1 cm³/mol. The molecule has 2 rings (SSSR count). The third-order valence-electron chi connectivity index (χ3n) is 3.16. The summed E-state index contributed by atoms with van der Waals surface area (Å²) in [6.45, 7) is 0.362. The second kappa shape index (κ2) is 5.16. The van der Waals surface area contributed by atoms with Crippen LogP contribution in [0.15, 0.2) is 24.3 Å². The Labute approximate surface area is 104 Å². The Morgan fingerprint density at radius 3 is 2.78 bits per heavy atom. The first kappa shape index (κ1) is 12.5. The van der Waals surface area contributed by atoms with Crippen LogP contribution in [-0.2, 0) is 0 Å². The van der Waals surface area contributed by atoms with Crippen LogP contribution in [0.1, 0.15) is 29.6 Å². The van der Waals surface area contributed by atoms with Crippen LogP contribution in [-0.4, -0.2) is 34.5 Å². The topological polar surface area (TPSA) is 57.6 Å². The van der Waals surface area contributed by atoms with Crippen molar-refractivity contribution >= 4 is 11.9 Å². The van der Waals surface area contributed by atoms with E-state index in [1.54, 1.807) is 0 Å². The van der Waals surface area contributed by atoms with E-state index in [4.69, 9.17) is 5.11 Å². The number of carbonyl (C=O) groups excluding carboxylic acids is 1. The number of ketones is 1. The number of amides is 1. The zero-order chi connectivity index (χ0) is 13.1. The molecule has 1 unspecified atom stereocenters. The van der Waals surface area contributed by atoms with Crippen molar-refractivity contribution in [2.45, 2.75) is 25.3 Å². The van der Waals surface area contributed by atoms with E-state index < -0.39 is 18.0 Å². The predicted octanol–water partition coefficient (Wildman–Crippen LogP) is 2.54. The number of nitrogens with zero attached hydrogens (tertiary/aromatic N) is 1. The van der Waals surface area contributed by atoms with E-state index in [0.29, 0.717) is 13.0 Å². The van der Waals surface area contributed by atoms with Gasteiger partial charge in [0.05, 0.1) is 6.04 Å². The maximum atomic E-state index is 13.1. The van der Waals surface area contributed by atoms with Crippen LogP contribution in [0.3, 0.4) is 0 Å². The molecule has 1 aromatic rings. The molecule has 0 aliphatic carbocycles. The number of Topliss-reactive ketones (excluding diaryl/α,β-unsaturated/α-hetero) is 1. The molecule has 96 valence electrons. The fourth-order valence-electron chi connectivity index (χ4n) is 2.27. The van der Waals surface area contributed by atoms with E-state index in [-0.39, 0.29) is 11.3 Å². The molecule has 4 nitrogen and oxygen atoms in total. The summed E-state index contributed by atoms with van der Waals surface area (Å²) in [6.07, 6.45) is 0.987. The number of hydrogen-bond acceptors (Lipinski definition) is 2. The highest BCUT2D eigenvalue weighted by Gasteiger charge is 2.32. The molecule has 5 heteroatoms. The number of likely N-dealkylation sites (tertiary alicyclic amines) is 1. The van der Waals surface area contributed by atoms with Gasteiger partial charge in [-0.05, 0) is 31.4 Å². The molecule has 0 saturated carbocycles. The van der Waals surface area contributed by atoms with Crippen LogP contribution in [0.2, 0.25) is 0 Å². The van der Waals surface area contributed by atoms with Gasteiger partial charge in [0, 0.05) is 12.1 Å². The van der Waals surface area contributed by atoms with Crippen LogP contribution in [0, 0.1) is 5.82 Å². The Bertz CT molecular complexity index is 475. The van der Waals surface area contributed by atoms with Crippen LogP contribution >= 0.6 is 0 Å². The van der Waals surface area contributed by atoms with Crippen molar-refractivity contribution in [3.8, 4) is 0 Å². The summed E-state index contributed by atoms with van der Waals surface area (Å²) >= 11 is 0. The molecule has 1 amide bonds. The monoisotopic (exact) mass is 251 g/mol. The van der Waals surface area contributed by atoms with Gasteiger partial charge in [-0.2, -0.15) is 0 Å². The summed E-state index contributed by atoms with van der Waals surface area (Å²) in [4.78, 5) is 24.4. The Morgan fingerprint density at radius 1 is 1.33 bits per heavy atom. The number of hydrogen-bond donors (Lipinski definition) is 1. The molecule has 1 atom stereocenters. The van der Waals surface area contributed by atoms with Crippen LogP contribution in [0.5, 0.6) is 0 Å². The molecule has 18 heavy (non-hydrogen) atoms. The van der Waals surface area contributed by atoms with Gasteiger partial charge in [-0.25, -0.2) is 9.18 Å².